The maximum absolute atomic E-state index is 12.7. The van der Waals surface area contributed by atoms with Crippen molar-refractivity contribution < 1.29 is 19.5 Å². The molecule has 0 aliphatic carbocycles. The van der Waals surface area contributed by atoms with Gasteiger partial charge in [-0.25, -0.2) is 4.79 Å². The minimum Gasteiger partial charge on any atom is -0.478 e. The fourth-order valence-corrected chi connectivity index (χ4v) is 3.32. The summed E-state index contributed by atoms with van der Waals surface area (Å²) in [7, 11) is 0. The van der Waals surface area contributed by atoms with Crippen molar-refractivity contribution in [1.82, 2.24) is 10.2 Å². The van der Waals surface area contributed by atoms with Crippen LogP contribution in [0.4, 0.5) is 0 Å². The summed E-state index contributed by atoms with van der Waals surface area (Å²) in [6, 6.07) is 4.42. The molecule has 6 nitrogen and oxygen atoms in total. The topological polar surface area (TPSA) is 86.7 Å². The van der Waals surface area contributed by atoms with Crippen molar-refractivity contribution in [2.24, 2.45) is 0 Å². The first-order chi connectivity index (χ1) is 11.4. The van der Waals surface area contributed by atoms with Crippen LogP contribution in [0.15, 0.2) is 22.7 Å². The van der Waals surface area contributed by atoms with Crippen molar-refractivity contribution in [3.63, 3.8) is 0 Å². The lowest BCUT2D eigenvalue weighted by Gasteiger charge is -2.33. The van der Waals surface area contributed by atoms with E-state index in [9.17, 15) is 14.4 Å². The van der Waals surface area contributed by atoms with Gasteiger partial charge in [0.25, 0.3) is 5.91 Å². The van der Waals surface area contributed by atoms with Crippen molar-refractivity contribution in [2.45, 2.75) is 38.6 Å². The van der Waals surface area contributed by atoms with Crippen molar-refractivity contribution in [3.8, 4) is 0 Å². The van der Waals surface area contributed by atoms with Crippen LogP contribution in [-0.4, -0.2) is 46.9 Å². The van der Waals surface area contributed by atoms with Crippen molar-refractivity contribution in [1.29, 1.82) is 0 Å². The first kappa shape index (κ1) is 18.4. The number of amides is 2. The second-order valence-electron chi connectivity index (χ2n) is 5.94. The summed E-state index contributed by atoms with van der Waals surface area (Å²) >= 11 is 3.24. The lowest BCUT2D eigenvalue weighted by molar-refractivity contribution is -0.122. The predicted octanol–water partition coefficient (Wildman–Crippen LogP) is 2.67. The largest absolute Gasteiger partial charge is 0.478 e. The van der Waals surface area contributed by atoms with E-state index in [2.05, 4.69) is 21.2 Å². The number of carboxylic acids is 1. The van der Waals surface area contributed by atoms with E-state index < -0.39 is 5.97 Å². The fraction of sp³-hybridized carbons (Fsp3) is 0.471. The van der Waals surface area contributed by atoms with E-state index in [0.717, 1.165) is 19.3 Å². The summed E-state index contributed by atoms with van der Waals surface area (Å²) in [6.07, 6.45) is 2.93. The molecule has 2 rings (SSSR count). The van der Waals surface area contributed by atoms with Crippen molar-refractivity contribution >= 4 is 33.7 Å². The minimum absolute atomic E-state index is 0.00687. The third kappa shape index (κ3) is 4.80. The van der Waals surface area contributed by atoms with Crippen LogP contribution in [0.25, 0.3) is 0 Å². The molecule has 7 heteroatoms. The zero-order chi connectivity index (χ0) is 17.7. The highest BCUT2D eigenvalue weighted by atomic mass is 79.9. The number of carboxylic acid groups (broad SMARTS) is 1. The number of rotatable bonds is 5. The number of carbonyl (C=O) groups is 3. The van der Waals surface area contributed by atoms with Gasteiger partial charge in [-0.15, -0.1) is 0 Å². The summed E-state index contributed by atoms with van der Waals surface area (Å²) in [6.45, 7) is 3.00. The number of hydrogen-bond acceptors (Lipinski definition) is 3. The SMILES string of the molecule is CCCC(=O)NC1CCCN(C(=O)c2cc(Br)cc(C(=O)O)c2)C1. The van der Waals surface area contributed by atoms with E-state index in [0.29, 0.717) is 29.5 Å². The molecular formula is C17H21BrN2O4. The van der Waals surface area contributed by atoms with Gasteiger partial charge in [0.1, 0.15) is 0 Å². The Labute approximate surface area is 149 Å². The highest BCUT2D eigenvalue weighted by molar-refractivity contribution is 9.10. The number of nitrogens with zero attached hydrogens (tertiary/aromatic N) is 1. The van der Waals surface area contributed by atoms with Crippen LogP contribution >= 0.6 is 15.9 Å². The molecule has 0 bridgehead atoms. The van der Waals surface area contributed by atoms with Gasteiger partial charge in [-0.1, -0.05) is 22.9 Å². The van der Waals surface area contributed by atoms with Gasteiger partial charge in [0.2, 0.25) is 5.91 Å². The molecule has 1 aromatic carbocycles. The Bertz CT molecular complexity index is 647. The van der Waals surface area contributed by atoms with Crippen LogP contribution in [0.5, 0.6) is 0 Å². The molecule has 0 aromatic heterocycles. The second-order valence-corrected chi connectivity index (χ2v) is 6.86. The Morgan fingerprint density at radius 3 is 2.67 bits per heavy atom. The zero-order valence-electron chi connectivity index (χ0n) is 13.5. The lowest BCUT2D eigenvalue weighted by atomic mass is 10.0. The Hall–Kier alpha value is -1.89. The standard InChI is InChI=1S/C17H21BrN2O4/c1-2-4-15(21)19-14-5-3-6-20(10-14)16(22)11-7-12(17(23)24)9-13(18)8-11/h7-9,14H,2-6,10H2,1H3,(H,19,21)(H,23,24). The van der Waals surface area contributed by atoms with E-state index in [-0.39, 0.29) is 23.4 Å². The number of halogens is 1. The molecule has 0 saturated carbocycles. The fourth-order valence-electron chi connectivity index (χ4n) is 2.83. The zero-order valence-corrected chi connectivity index (χ0v) is 15.1. The van der Waals surface area contributed by atoms with E-state index in [1.807, 2.05) is 6.92 Å². The number of benzene rings is 1. The van der Waals surface area contributed by atoms with E-state index in [4.69, 9.17) is 5.11 Å². The molecule has 1 unspecified atom stereocenters. The Morgan fingerprint density at radius 2 is 2.00 bits per heavy atom. The van der Waals surface area contributed by atoms with Gasteiger partial charge in [-0.05, 0) is 37.5 Å². The summed E-state index contributed by atoms with van der Waals surface area (Å²) < 4.78 is 0.551. The number of aromatic carboxylic acids is 1. The smallest absolute Gasteiger partial charge is 0.335 e. The van der Waals surface area contributed by atoms with E-state index >= 15 is 0 Å². The summed E-state index contributed by atoms with van der Waals surface area (Å²) in [5.41, 5.74) is 0.403. The Morgan fingerprint density at radius 1 is 1.29 bits per heavy atom. The molecule has 2 amide bonds. The molecule has 24 heavy (non-hydrogen) atoms. The van der Waals surface area contributed by atoms with Gasteiger partial charge in [0.15, 0.2) is 0 Å². The molecule has 1 atom stereocenters. The van der Waals surface area contributed by atoms with Crippen LogP contribution in [0.3, 0.4) is 0 Å². The van der Waals surface area contributed by atoms with Crippen LogP contribution in [0.2, 0.25) is 0 Å². The van der Waals surface area contributed by atoms with E-state index in [1.54, 1.807) is 11.0 Å². The Kier molecular flexibility index (Phi) is 6.36. The number of hydrogen-bond donors (Lipinski definition) is 2. The summed E-state index contributed by atoms with van der Waals surface area (Å²) in [5, 5.41) is 12.1. The molecule has 1 heterocycles. The summed E-state index contributed by atoms with van der Waals surface area (Å²) in [4.78, 5) is 37.2. The van der Waals surface area contributed by atoms with Gasteiger partial charge < -0.3 is 15.3 Å². The summed E-state index contributed by atoms with van der Waals surface area (Å²) in [5.74, 6) is -1.28. The van der Waals surface area contributed by atoms with Crippen molar-refractivity contribution in [2.75, 3.05) is 13.1 Å². The number of likely N-dealkylation sites (tertiary alicyclic amines) is 1. The van der Waals surface area contributed by atoms with Crippen LogP contribution in [0.1, 0.15) is 53.3 Å². The third-order valence-corrected chi connectivity index (χ3v) is 4.40. The lowest BCUT2D eigenvalue weighted by Crippen LogP contribution is -2.49. The molecule has 1 fully saturated rings. The molecular weight excluding hydrogens is 376 g/mol. The highest BCUT2D eigenvalue weighted by Crippen LogP contribution is 2.20. The maximum atomic E-state index is 12.7. The minimum atomic E-state index is -1.08. The molecule has 0 spiro atoms. The normalized spacial score (nSPS) is 17.4. The number of piperidine rings is 1. The predicted molar refractivity (Wildman–Crippen MR) is 93.1 cm³/mol. The number of nitrogens with one attached hydrogen (secondary N) is 1. The molecule has 1 aromatic rings. The molecule has 130 valence electrons. The molecule has 0 radical (unpaired) electrons. The molecule has 1 aliphatic heterocycles. The first-order valence-corrected chi connectivity index (χ1v) is 8.82. The van der Waals surface area contributed by atoms with Crippen LogP contribution in [-0.2, 0) is 4.79 Å². The average molecular weight is 397 g/mol. The average Bonchev–Trinajstić information content (AvgIpc) is 2.54. The van der Waals surface area contributed by atoms with Gasteiger partial charge >= 0.3 is 5.97 Å². The number of carbonyl (C=O) groups excluding carboxylic acids is 2. The Balaban J connectivity index is 2.09. The molecule has 1 aliphatic rings. The third-order valence-electron chi connectivity index (χ3n) is 3.94. The van der Waals surface area contributed by atoms with Crippen LogP contribution < -0.4 is 5.32 Å². The highest BCUT2D eigenvalue weighted by Gasteiger charge is 2.26. The first-order valence-electron chi connectivity index (χ1n) is 8.03. The van der Waals surface area contributed by atoms with Gasteiger partial charge in [0.05, 0.1) is 5.56 Å². The van der Waals surface area contributed by atoms with Gasteiger partial charge in [-0.3, -0.25) is 9.59 Å². The quantitative estimate of drug-likeness (QED) is 0.800. The van der Waals surface area contributed by atoms with Crippen molar-refractivity contribution in [3.05, 3.63) is 33.8 Å². The van der Waals surface area contributed by atoms with Gasteiger partial charge in [-0.2, -0.15) is 0 Å². The monoisotopic (exact) mass is 396 g/mol. The van der Waals surface area contributed by atoms with E-state index in [1.165, 1.54) is 12.1 Å². The second kappa shape index (κ2) is 8.28. The van der Waals surface area contributed by atoms with Crippen LogP contribution in [0, 0.1) is 0 Å². The molecule has 2 N–H and O–H groups in total. The maximum Gasteiger partial charge on any atom is 0.335 e. The molecule has 1 saturated heterocycles. The van der Waals surface area contributed by atoms with Gasteiger partial charge in [0, 0.05) is 35.6 Å².